The number of carboxylic acids is 1. The van der Waals surface area contributed by atoms with Crippen molar-refractivity contribution >= 4 is 26.7 Å². The van der Waals surface area contributed by atoms with E-state index in [1.807, 2.05) is 0 Å². The number of aliphatic carboxylic acids is 1. The summed E-state index contributed by atoms with van der Waals surface area (Å²) in [7, 11) is -9.99. The Hall–Kier alpha value is -1.45. The maximum atomic E-state index is 11.2. The number of nitrogens with one attached hydrogen (secondary N) is 1. The standard InChI is InChI=1S/C12H17NO15S2/c14-3-1-4(10(16)17)25-12(8(3)28-30(21,22)23)27-9-5-2-24-11(26-5)6(7(9)15)13-29(18,19)20/h1,3,5-9,11-15H,2H2,(H,16,17)(H,18,19,20)(H,21,22,23)/t3-,5+,6-,7+,8+,9+,11+,12-/m0/s1. The number of carbonyl (C=O) groups is 1. The number of carboxylic acid groups (broad SMARTS) is 1. The van der Waals surface area contributed by atoms with Gasteiger partial charge in [-0.1, -0.05) is 0 Å². The van der Waals surface area contributed by atoms with Gasteiger partial charge in [-0.2, -0.15) is 21.6 Å². The van der Waals surface area contributed by atoms with Gasteiger partial charge in [0.15, 0.2) is 12.4 Å². The SMILES string of the molecule is O=C(O)C1=C[C@H](O)[C@@H](OS(=O)(=O)O)[C@H](O[C@H]2[C@H](O)[C@H](NS(=O)(=O)O)[C@@H]3OC[C@H]2O3)O1. The Kier molecular flexibility index (Phi) is 6.38. The van der Waals surface area contributed by atoms with Gasteiger partial charge < -0.3 is 34.3 Å². The van der Waals surface area contributed by atoms with Gasteiger partial charge in [0, 0.05) is 0 Å². The van der Waals surface area contributed by atoms with E-state index in [9.17, 15) is 31.8 Å². The van der Waals surface area contributed by atoms with Crippen LogP contribution in [0.4, 0.5) is 0 Å². The summed E-state index contributed by atoms with van der Waals surface area (Å²) in [5.74, 6) is -2.52. The van der Waals surface area contributed by atoms with Gasteiger partial charge in [-0.3, -0.25) is 9.11 Å². The van der Waals surface area contributed by atoms with E-state index in [2.05, 4.69) is 4.18 Å². The topological polar surface area (TPSA) is 245 Å². The maximum absolute atomic E-state index is 11.2. The van der Waals surface area contributed by atoms with Crippen LogP contribution < -0.4 is 4.72 Å². The van der Waals surface area contributed by atoms with Crippen LogP contribution in [0.5, 0.6) is 0 Å². The summed E-state index contributed by atoms with van der Waals surface area (Å²) in [4.78, 5) is 11.2. The van der Waals surface area contributed by atoms with Crippen LogP contribution >= 0.6 is 0 Å². The molecule has 0 aromatic rings. The fraction of sp³-hybridized carbons (Fsp3) is 0.750. The Morgan fingerprint density at radius 1 is 1.17 bits per heavy atom. The minimum Gasteiger partial charge on any atom is -0.475 e. The highest BCUT2D eigenvalue weighted by Gasteiger charge is 2.54. The highest BCUT2D eigenvalue weighted by Crippen LogP contribution is 2.33. The average molecular weight is 479 g/mol. The van der Waals surface area contributed by atoms with E-state index in [4.69, 9.17) is 33.2 Å². The molecule has 16 nitrogen and oxygen atoms in total. The van der Waals surface area contributed by atoms with Gasteiger partial charge in [0.25, 0.3) is 0 Å². The Labute approximate surface area is 168 Å². The van der Waals surface area contributed by atoms with Crippen LogP contribution in [0, 0.1) is 0 Å². The Morgan fingerprint density at radius 2 is 1.83 bits per heavy atom. The minimum absolute atomic E-state index is 0.239. The zero-order valence-electron chi connectivity index (χ0n) is 14.5. The molecular weight excluding hydrogens is 462 g/mol. The second kappa shape index (κ2) is 8.24. The van der Waals surface area contributed by atoms with Crippen molar-refractivity contribution in [3.63, 3.8) is 0 Å². The molecule has 0 aliphatic carbocycles. The molecule has 3 heterocycles. The fourth-order valence-electron chi connectivity index (χ4n) is 3.12. The normalized spacial score (nSPS) is 39.3. The number of hydrogen-bond acceptors (Lipinski definition) is 12. The molecule has 0 aromatic heterocycles. The molecule has 8 atom stereocenters. The smallest absolute Gasteiger partial charge is 0.397 e. The minimum atomic E-state index is -5.17. The maximum Gasteiger partial charge on any atom is 0.397 e. The van der Waals surface area contributed by atoms with E-state index < -0.39 is 81.6 Å². The molecule has 2 saturated heterocycles. The molecule has 0 saturated carbocycles. The van der Waals surface area contributed by atoms with Crippen molar-refractivity contribution in [2.75, 3.05) is 6.61 Å². The Morgan fingerprint density at radius 3 is 2.40 bits per heavy atom. The van der Waals surface area contributed by atoms with Gasteiger partial charge in [-0.05, 0) is 6.08 Å². The van der Waals surface area contributed by atoms with Crippen LogP contribution in [0.25, 0.3) is 0 Å². The van der Waals surface area contributed by atoms with E-state index in [1.54, 1.807) is 4.72 Å². The number of ether oxygens (including phenoxy) is 4. The van der Waals surface area contributed by atoms with Gasteiger partial charge >= 0.3 is 26.7 Å². The van der Waals surface area contributed by atoms with Crippen LogP contribution in [-0.4, -0.2) is 103 Å². The number of rotatable bonds is 7. The molecule has 30 heavy (non-hydrogen) atoms. The summed E-state index contributed by atoms with van der Waals surface area (Å²) in [6.07, 6.45) is -11.1. The van der Waals surface area contributed by atoms with Crippen LogP contribution in [0.15, 0.2) is 11.8 Å². The first-order valence-electron chi connectivity index (χ1n) is 8.06. The predicted octanol–water partition coefficient (Wildman–Crippen LogP) is -3.88. The van der Waals surface area contributed by atoms with Crippen molar-refractivity contribution in [3.05, 3.63) is 11.8 Å². The van der Waals surface area contributed by atoms with Gasteiger partial charge in [-0.15, -0.1) is 0 Å². The fourth-order valence-corrected chi connectivity index (χ4v) is 4.20. The van der Waals surface area contributed by atoms with Crippen LogP contribution in [0.3, 0.4) is 0 Å². The van der Waals surface area contributed by atoms with Crippen LogP contribution in [0.2, 0.25) is 0 Å². The summed E-state index contributed by atoms with van der Waals surface area (Å²) in [5, 5.41) is 29.6. The van der Waals surface area contributed by atoms with Crippen molar-refractivity contribution in [3.8, 4) is 0 Å². The highest BCUT2D eigenvalue weighted by molar-refractivity contribution is 7.83. The van der Waals surface area contributed by atoms with Crippen molar-refractivity contribution in [1.29, 1.82) is 0 Å². The second-order valence-corrected chi connectivity index (χ2v) is 8.62. The summed E-state index contributed by atoms with van der Waals surface area (Å²) in [6.45, 7) is -0.239. The van der Waals surface area contributed by atoms with E-state index in [-0.39, 0.29) is 6.61 Å². The molecule has 6 N–H and O–H groups in total. The Balaban J connectivity index is 1.86. The molecule has 0 radical (unpaired) electrons. The molecule has 172 valence electrons. The zero-order chi connectivity index (χ0) is 22.4. The third kappa shape index (κ3) is 5.23. The molecule has 0 amide bonds. The lowest BCUT2D eigenvalue weighted by atomic mass is 9.99. The van der Waals surface area contributed by atoms with E-state index >= 15 is 0 Å². The quantitative estimate of drug-likeness (QED) is 0.191. The van der Waals surface area contributed by atoms with Crippen molar-refractivity contribution in [1.82, 2.24) is 4.72 Å². The molecule has 0 spiro atoms. The number of aliphatic hydroxyl groups is 2. The summed E-state index contributed by atoms with van der Waals surface area (Å²) < 4.78 is 89.0. The van der Waals surface area contributed by atoms with Crippen molar-refractivity contribution < 1.29 is 69.2 Å². The first kappa shape index (κ1) is 23.2. The highest BCUT2D eigenvalue weighted by atomic mass is 32.3. The van der Waals surface area contributed by atoms with E-state index in [0.29, 0.717) is 6.08 Å². The summed E-state index contributed by atoms with van der Waals surface area (Å²) in [6, 6.07) is -1.58. The molecule has 2 bridgehead atoms. The van der Waals surface area contributed by atoms with Gasteiger partial charge in [0.05, 0.1) is 6.61 Å². The number of aliphatic hydroxyl groups excluding tert-OH is 2. The first-order chi connectivity index (χ1) is 13.7. The lowest BCUT2D eigenvalue weighted by molar-refractivity contribution is -0.270. The predicted molar refractivity (Wildman–Crippen MR) is 87.0 cm³/mol. The molecule has 3 aliphatic heterocycles. The second-order valence-electron chi connectivity index (χ2n) is 6.39. The third-order valence-corrected chi connectivity index (χ3v) is 5.32. The van der Waals surface area contributed by atoms with Crippen LogP contribution in [-0.2, 0) is 48.6 Å². The molecular formula is C12H17NO15S2. The summed E-state index contributed by atoms with van der Waals surface area (Å²) in [5.41, 5.74) is 0. The molecule has 3 rings (SSSR count). The van der Waals surface area contributed by atoms with Crippen molar-refractivity contribution in [2.24, 2.45) is 0 Å². The molecule has 18 heteroatoms. The molecule has 3 aliphatic rings. The lowest BCUT2D eigenvalue weighted by Gasteiger charge is -2.41. The monoisotopic (exact) mass is 479 g/mol. The van der Waals surface area contributed by atoms with Gasteiger partial charge in [0.1, 0.15) is 30.5 Å². The van der Waals surface area contributed by atoms with E-state index in [0.717, 1.165) is 0 Å². The largest absolute Gasteiger partial charge is 0.475 e. The zero-order valence-corrected chi connectivity index (χ0v) is 16.2. The van der Waals surface area contributed by atoms with Crippen LogP contribution in [0.1, 0.15) is 0 Å². The van der Waals surface area contributed by atoms with Gasteiger partial charge in [0.2, 0.25) is 12.0 Å². The third-order valence-electron chi connectivity index (χ3n) is 4.29. The van der Waals surface area contributed by atoms with Crippen molar-refractivity contribution in [2.45, 2.75) is 49.1 Å². The molecule has 0 unspecified atom stereocenters. The molecule has 0 aromatic carbocycles. The average Bonchev–Trinajstić information content (AvgIpc) is 3.02. The molecule has 2 fully saturated rings. The number of fused-ring (bicyclic) bond motifs is 2. The summed E-state index contributed by atoms with van der Waals surface area (Å²) >= 11 is 0. The first-order valence-corrected chi connectivity index (χ1v) is 10.9. The Bertz CT molecular complexity index is 916. The number of hydrogen-bond donors (Lipinski definition) is 6. The van der Waals surface area contributed by atoms with Gasteiger partial charge in [-0.25, -0.2) is 8.98 Å². The lowest BCUT2D eigenvalue weighted by Crippen LogP contribution is -2.62. The van der Waals surface area contributed by atoms with E-state index in [1.165, 1.54) is 0 Å².